The Bertz CT molecular complexity index is 818. The first kappa shape index (κ1) is 15.5. The minimum Gasteiger partial charge on any atom is -0.545 e. The zero-order valence-electron chi connectivity index (χ0n) is 12.5. The molecule has 122 valence electrons. The molecular formula is C17H13N2O5-. The number of para-hydroxylation sites is 3. The van der Waals surface area contributed by atoms with Gasteiger partial charge in [-0.25, -0.2) is 0 Å². The average Bonchev–Trinajstić information content (AvgIpc) is 2.58. The quantitative estimate of drug-likeness (QED) is 0.878. The van der Waals surface area contributed by atoms with Crippen LogP contribution in [0.5, 0.6) is 5.75 Å². The number of ether oxygens (including phenoxy) is 1. The highest BCUT2D eigenvalue weighted by Crippen LogP contribution is 2.31. The molecule has 0 bridgehead atoms. The van der Waals surface area contributed by atoms with Crippen LogP contribution in [0.1, 0.15) is 10.4 Å². The number of carbonyl (C=O) groups is 3. The number of rotatable bonds is 4. The van der Waals surface area contributed by atoms with Gasteiger partial charge in [0.15, 0.2) is 6.61 Å². The normalized spacial score (nSPS) is 13.0. The molecule has 0 atom stereocenters. The van der Waals surface area contributed by atoms with Gasteiger partial charge in [0.1, 0.15) is 12.3 Å². The number of anilines is 2. The number of benzene rings is 2. The second kappa shape index (κ2) is 6.41. The summed E-state index contributed by atoms with van der Waals surface area (Å²) in [5.74, 6) is -1.75. The van der Waals surface area contributed by atoms with Gasteiger partial charge in [0.25, 0.3) is 5.91 Å². The maximum Gasteiger partial charge on any atom is 0.265 e. The van der Waals surface area contributed by atoms with Crippen LogP contribution in [0.25, 0.3) is 0 Å². The first-order chi connectivity index (χ1) is 11.6. The van der Waals surface area contributed by atoms with Crippen LogP contribution in [-0.2, 0) is 9.59 Å². The molecule has 3 rings (SSSR count). The van der Waals surface area contributed by atoms with E-state index in [2.05, 4.69) is 5.32 Å². The van der Waals surface area contributed by atoms with E-state index in [1.165, 1.54) is 23.1 Å². The van der Waals surface area contributed by atoms with Crippen molar-refractivity contribution in [2.24, 2.45) is 0 Å². The van der Waals surface area contributed by atoms with E-state index in [0.717, 1.165) is 0 Å². The number of carboxylic acid groups (broad SMARTS) is 1. The number of hydrogen-bond donors (Lipinski definition) is 1. The highest BCUT2D eigenvalue weighted by Gasteiger charge is 2.27. The number of carbonyl (C=O) groups excluding carboxylic acids is 3. The van der Waals surface area contributed by atoms with Crippen LogP contribution in [0.4, 0.5) is 11.4 Å². The maximum atomic E-state index is 12.3. The largest absolute Gasteiger partial charge is 0.545 e. The molecule has 7 heteroatoms. The van der Waals surface area contributed by atoms with Gasteiger partial charge in [-0.2, -0.15) is 0 Å². The molecule has 0 spiro atoms. The van der Waals surface area contributed by atoms with E-state index in [9.17, 15) is 19.5 Å². The monoisotopic (exact) mass is 325 g/mol. The van der Waals surface area contributed by atoms with E-state index >= 15 is 0 Å². The van der Waals surface area contributed by atoms with Crippen LogP contribution in [0.3, 0.4) is 0 Å². The number of carboxylic acids is 1. The summed E-state index contributed by atoms with van der Waals surface area (Å²) in [6.45, 7) is -0.402. The Labute approximate surface area is 137 Å². The van der Waals surface area contributed by atoms with Crippen molar-refractivity contribution in [1.82, 2.24) is 0 Å². The molecule has 2 amide bonds. The van der Waals surface area contributed by atoms with Crippen LogP contribution in [0.15, 0.2) is 48.5 Å². The van der Waals surface area contributed by atoms with Crippen molar-refractivity contribution in [3.8, 4) is 5.75 Å². The predicted octanol–water partition coefficient (Wildman–Crippen LogP) is 0.414. The molecule has 0 aliphatic carbocycles. The molecule has 0 radical (unpaired) electrons. The SMILES string of the molecule is O=C(CN1C(=O)COc2ccccc21)Nc1ccccc1C(=O)[O-]. The zero-order chi connectivity index (χ0) is 17.1. The molecule has 0 aromatic heterocycles. The van der Waals surface area contributed by atoms with E-state index in [0.29, 0.717) is 11.4 Å². The van der Waals surface area contributed by atoms with E-state index in [4.69, 9.17) is 4.74 Å². The molecule has 2 aromatic carbocycles. The summed E-state index contributed by atoms with van der Waals surface area (Å²) in [6, 6.07) is 12.8. The van der Waals surface area contributed by atoms with Gasteiger partial charge in [-0.05, 0) is 18.2 Å². The number of nitrogens with one attached hydrogen (secondary N) is 1. The summed E-state index contributed by atoms with van der Waals surface area (Å²) < 4.78 is 5.31. The fourth-order valence-corrected chi connectivity index (χ4v) is 2.43. The topological polar surface area (TPSA) is 98.8 Å². The maximum absolute atomic E-state index is 12.3. The van der Waals surface area contributed by atoms with E-state index in [1.54, 1.807) is 30.3 Å². The minimum absolute atomic E-state index is 0.122. The summed E-state index contributed by atoms with van der Waals surface area (Å²) in [6.07, 6.45) is 0. The van der Waals surface area contributed by atoms with Crippen LogP contribution in [-0.4, -0.2) is 30.9 Å². The number of hydrogen-bond acceptors (Lipinski definition) is 5. The highest BCUT2D eigenvalue weighted by molar-refractivity contribution is 6.06. The first-order valence-corrected chi connectivity index (χ1v) is 7.18. The van der Waals surface area contributed by atoms with Gasteiger partial charge in [0.05, 0.1) is 11.7 Å². The van der Waals surface area contributed by atoms with Gasteiger partial charge in [-0.15, -0.1) is 0 Å². The lowest BCUT2D eigenvalue weighted by Crippen LogP contribution is -2.43. The van der Waals surface area contributed by atoms with Gasteiger partial charge in [0.2, 0.25) is 5.91 Å². The molecule has 7 nitrogen and oxygen atoms in total. The molecule has 1 aliphatic heterocycles. The van der Waals surface area contributed by atoms with Gasteiger partial charge < -0.3 is 20.0 Å². The average molecular weight is 325 g/mol. The van der Waals surface area contributed by atoms with Crippen LogP contribution in [0.2, 0.25) is 0 Å². The predicted molar refractivity (Wildman–Crippen MR) is 83.7 cm³/mol. The van der Waals surface area contributed by atoms with Crippen LogP contribution >= 0.6 is 0 Å². The molecule has 0 saturated heterocycles. The van der Waals surface area contributed by atoms with Gasteiger partial charge in [0, 0.05) is 11.3 Å². The first-order valence-electron chi connectivity index (χ1n) is 7.18. The Morgan fingerprint density at radius 3 is 2.62 bits per heavy atom. The fraction of sp³-hybridized carbons (Fsp3) is 0.118. The molecule has 24 heavy (non-hydrogen) atoms. The standard InChI is InChI=1S/C17H14N2O5/c20-15(18-12-6-2-1-5-11(12)17(22)23)9-19-13-7-3-4-8-14(13)24-10-16(19)21/h1-8H,9-10H2,(H,18,20)(H,22,23)/p-1. The molecule has 2 aromatic rings. The minimum atomic E-state index is -1.39. The lowest BCUT2D eigenvalue weighted by Gasteiger charge is -2.28. The molecule has 0 unspecified atom stereocenters. The Hall–Kier alpha value is -3.35. The van der Waals surface area contributed by atoms with Crippen LogP contribution < -0.4 is 20.1 Å². The van der Waals surface area contributed by atoms with Crippen LogP contribution in [0, 0.1) is 0 Å². The summed E-state index contributed by atoms with van der Waals surface area (Å²) in [7, 11) is 0. The third kappa shape index (κ3) is 3.05. The summed E-state index contributed by atoms with van der Waals surface area (Å²) in [5, 5.41) is 13.6. The molecule has 1 heterocycles. The van der Waals surface area contributed by atoms with Crippen molar-refractivity contribution in [2.45, 2.75) is 0 Å². The Morgan fingerprint density at radius 2 is 1.83 bits per heavy atom. The van der Waals surface area contributed by atoms with E-state index in [1.807, 2.05) is 0 Å². The Balaban J connectivity index is 1.79. The van der Waals surface area contributed by atoms with Gasteiger partial charge in [-0.3, -0.25) is 14.5 Å². The Kier molecular flexibility index (Phi) is 4.15. The van der Waals surface area contributed by atoms with Crippen molar-refractivity contribution in [2.75, 3.05) is 23.4 Å². The number of amides is 2. The summed E-state index contributed by atoms with van der Waals surface area (Å²) in [5.41, 5.74) is 0.494. The molecule has 0 saturated carbocycles. The number of aromatic carboxylic acids is 1. The molecular weight excluding hydrogens is 312 g/mol. The fourth-order valence-electron chi connectivity index (χ4n) is 2.43. The number of nitrogens with zero attached hydrogens (tertiary/aromatic N) is 1. The molecule has 0 fully saturated rings. The smallest absolute Gasteiger partial charge is 0.265 e. The lowest BCUT2D eigenvalue weighted by molar-refractivity contribution is -0.254. The van der Waals surface area contributed by atoms with Crippen molar-refractivity contribution < 1.29 is 24.2 Å². The second-order valence-corrected chi connectivity index (χ2v) is 5.12. The molecule has 1 N–H and O–H groups in total. The lowest BCUT2D eigenvalue weighted by atomic mass is 10.2. The van der Waals surface area contributed by atoms with Crippen molar-refractivity contribution >= 4 is 29.2 Å². The Morgan fingerprint density at radius 1 is 1.12 bits per heavy atom. The molecule has 1 aliphatic rings. The van der Waals surface area contributed by atoms with Crippen molar-refractivity contribution in [3.05, 3.63) is 54.1 Å². The van der Waals surface area contributed by atoms with Gasteiger partial charge in [-0.1, -0.05) is 30.3 Å². The summed E-state index contributed by atoms with van der Waals surface area (Å²) >= 11 is 0. The van der Waals surface area contributed by atoms with Crippen molar-refractivity contribution in [3.63, 3.8) is 0 Å². The third-order valence-corrected chi connectivity index (χ3v) is 3.53. The highest BCUT2D eigenvalue weighted by atomic mass is 16.5. The van der Waals surface area contributed by atoms with Gasteiger partial charge >= 0.3 is 0 Å². The van der Waals surface area contributed by atoms with E-state index in [-0.39, 0.29) is 30.3 Å². The third-order valence-electron chi connectivity index (χ3n) is 3.53. The number of fused-ring (bicyclic) bond motifs is 1. The summed E-state index contributed by atoms with van der Waals surface area (Å²) in [4.78, 5) is 36.7. The van der Waals surface area contributed by atoms with E-state index < -0.39 is 11.9 Å². The van der Waals surface area contributed by atoms with Crippen molar-refractivity contribution in [1.29, 1.82) is 0 Å². The second-order valence-electron chi connectivity index (χ2n) is 5.12. The zero-order valence-corrected chi connectivity index (χ0v) is 12.5.